The zero-order valence-corrected chi connectivity index (χ0v) is 50.6. The Balaban J connectivity index is 0.000000136. The first-order valence-corrected chi connectivity index (χ1v) is 34.0. The Morgan fingerprint density at radius 2 is 0.325 bits per heavy atom. The third-order valence-corrected chi connectivity index (χ3v) is 18.9. The molecule has 0 saturated carbocycles. The van der Waals surface area contributed by atoms with E-state index >= 15 is 0 Å². The smallest absolute Gasteiger partial charge is 0.196 e. The van der Waals surface area contributed by atoms with Crippen LogP contribution in [0.3, 0.4) is 0 Å². The molecule has 6 fully saturated rings. The summed E-state index contributed by atoms with van der Waals surface area (Å²) in [4.78, 5) is 59.0. The lowest BCUT2D eigenvalue weighted by atomic mass is 10.1. The molecule has 0 atom stereocenters. The molecular formula is C62H112N18. The van der Waals surface area contributed by atoms with Gasteiger partial charge in [0.2, 0.25) is 0 Å². The van der Waals surface area contributed by atoms with Gasteiger partial charge in [0.25, 0.3) is 0 Å². The van der Waals surface area contributed by atoms with Gasteiger partial charge in [-0.3, -0.25) is 30.0 Å². The fraction of sp³-hybridized carbons (Fsp3) is 0.903. The molecule has 0 radical (unpaired) electrons. The lowest BCUT2D eigenvalue weighted by molar-refractivity contribution is 0.227. The summed E-state index contributed by atoms with van der Waals surface area (Å²) in [6.45, 7) is 35.1. The summed E-state index contributed by atoms with van der Waals surface area (Å²) in [5, 5.41) is 0. The summed E-state index contributed by atoms with van der Waals surface area (Å²) < 4.78 is 0. The van der Waals surface area contributed by atoms with Crippen LogP contribution in [0.15, 0.2) is 30.0 Å². The molecule has 12 rings (SSSR count). The molecule has 0 aromatic carbocycles. The van der Waals surface area contributed by atoms with E-state index in [1.54, 1.807) is 0 Å². The Hall–Kier alpha value is -4.38. The predicted molar refractivity (Wildman–Crippen MR) is 333 cm³/mol. The summed E-state index contributed by atoms with van der Waals surface area (Å²) in [6, 6.07) is 0. The average Bonchev–Trinajstić information content (AvgIpc) is 3.52. The Morgan fingerprint density at radius 1 is 0.175 bits per heavy atom. The van der Waals surface area contributed by atoms with E-state index in [1.165, 1.54) is 360 Å². The van der Waals surface area contributed by atoms with Gasteiger partial charge in [-0.2, -0.15) is 0 Å². The van der Waals surface area contributed by atoms with E-state index in [9.17, 15) is 0 Å². The van der Waals surface area contributed by atoms with Crippen molar-refractivity contribution in [3.8, 4) is 0 Å². The fourth-order valence-corrected chi connectivity index (χ4v) is 14.7. The first kappa shape index (κ1) is 58.8. The molecule has 0 aliphatic carbocycles. The van der Waals surface area contributed by atoms with E-state index in [1.807, 2.05) is 0 Å². The number of aliphatic imine (C=N–C) groups is 6. The number of hydrogen-bond donors (Lipinski definition) is 0. The second-order valence-electron chi connectivity index (χ2n) is 25.1. The maximum atomic E-state index is 4.80. The van der Waals surface area contributed by atoms with Gasteiger partial charge in [-0.25, -0.2) is 0 Å². The van der Waals surface area contributed by atoms with Crippen LogP contribution in [-0.2, 0) is 0 Å². The molecule has 80 heavy (non-hydrogen) atoms. The minimum atomic E-state index is 1.02. The molecule has 0 amide bonds. The quantitative estimate of drug-likeness (QED) is 0.0981. The Bertz CT molecular complexity index is 1880. The van der Waals surface area contributed by atoms with Gasteiger partial charge in [0, 0.05) is 196 Å². The largest absolute Gasteiger partial charge is 0.343 e. The van der Waals surface area contributed by atoms with Gasteiger partial charge in [0.05, 0.1) is 0 Å². The highest BCUT2D eigenvalue weighted by Gasteiger charge is 2.30. The summed E-state index contributed by atoms with van der Waals surface area (Å²) in [5.41, 5.74) is 0. The summed E-state index contributed by atoms with van der Waals surface area (Å²) >= 11 is 0. The molecule has 12 aliphatic rings. The van der Waals surface area contributed by atoms with Crippen molar-refractivity contribution in [2.24, 2.45) is 30.0 Å². The molecule has 0 unspecified atom stereocenters. The predicted octanol–water partition coefficient (Wildman–Crippen LogP) is 7.03. The Kier molecular flexibility index (Phi) is 23.9. The molecule has 18 nitrogen and oxygen atoms in total. The molecule has 12 heterocycles. The third-order valence-electron chi connectivity index (χ3n) is 18.9. The van der Waals surface area contributed by atoms with Crippen LogP contribution in [0.4, 0.5) is 0 Å². The van der Waals surface area contributed by atoms with Crippen molar-refractivity contribution >= 4 is 35.8 Å². The van der Waals surface area contributed by atoms with Crippen molar-refractivity contribution in [1.29, 1.82) is 0 Å². The van der Waals surface area contributed by atoms with Crippen LogP contribution in [0.2, 0.25) is 0 Å². The Labute approximate surface area is 485 Å². The zero-order chi connectivity index (χ0) is 54.2. The second kappa shape index (κ2) is 32.5. The third kappa shape index (κ3) is 17.1. The van der Waals surface area contributed by atoms with Crippen LogP contribution in [0.25, 0.3) is 0 Å². The number of unbranched alkanes of at least 4 members (excludes halogenated alkanes) is 11. The van der Waals surface area contributed by atoms with Crippen LogP contribution in [0.5, 0.6) is 0 Å². The van der Waals surface area contributed by atoms with Crippen molar-refractivity contribution in [1.82, 2.24) is 58.8 Å². The summed E-state index contributed by atoms with van der Waals surface area (Å²) in [7, 11) is 0. The summed E-state index contributed by atoms with van der Waals surface area (Å²) in [5.74, 6) is 7.78. The minimum absolute atomic E-state index is 1.02. The Morgan fingerprint density at radius 3 is 0.512 bits per heavy atom. The van der Waals surface area contributed by atoms with Crippen LogP contribution in [0.1, 0.15) is 167 Å². The topological polar surface area (TPSA) is 113 Å². The molecule has 0 N–H and O–H groups in total. The van der Waals surface area contributed by atoms with Crippen molar-refractivity contribution in [2.75, 3.05) is 196 Å². The lowest BCUT2D eigenvalue weighted by Crippen LogP contribution is -2.53. The van der Waals surface area contributed by atoms with Gasteiger partial charge in [0.15, 0.2) is 35.8 Å². The van der Waals surface area contributed by atoms with E-state index in [4.69, 9.17) is 30.0 Å². The molecule has 450 valence electrons. The molecule has 0 aromatic rings. The number of hydrogen-bond acceptors (Lipinski definition) is 18. The standard InChI is InChI=1S/C24H44N6.C20H36N6.C18H32N6/c1(3-5-7-15-27-19-11-21-29-17-9-13-25-23(27)29)2-4-6-8-16-28-20-12-22-30-18-10-14-26-24(28)30;1(3-11-23-15-7-17-25-13-5-9-21-19(23)25)2-4-12-24-16-8-18-26-14-6-10-22-20(24)26;1(9-21-13-5-15-23-11-3-7-19-17(21)23)2-10-22-14-6-16-24-12-4-8-20-18(22)24/h1-22H2;1-18H2;1-16H2. The monoisotopic (exact) mass is 1110 g/mol. The number of fused-ring (bicyclic) bond motifs is 6. The molecular weight excluding hydrogens is 997 g/mol. The highest BCUT2D eigenvalue weighted by Crippen LogP contribution is 2.22. The first-order chi connectivity index (χ1) is 39.7. The van der Waals surface area contributed by atoms with Gasteiger partial charge in [-0.05, 0) is 116 Å². The molecule has 6 saturated heterocycles. The van der Waals surface area contributed by atoms with Gasteiger partial charge >= 0.3 is 0 Å². The zero-order valence-electron chi connectivity index (χ0n) is 50.6. The number of guanidine groups is 6. The van der Waals surface area contributed by atoms with Gasteiger partial charge in [-0.15, -0.1) is 0 Å². The lowest BCUT2D eigenvalue weighted by Gasteiger charge is -2.42. The van der Waals surface area contributed by atoms with E-state index < -0.39 is 0 Å². The van der Waals surface area contributed by atoms with Gasteiger partial charge in [0.1, 0.15) is 0 Å². The SMILES string of the molecule is C(CCCCCN1CCCN2CCCN=C12)CCCCN1CCCN2CCCN=C12.C(CCCN1CCCN2CCCN=C12)CCN1CCCN2CCCN=C12.C(CCN1CCCN2CCCN=C12)CN1CCCN2CCCN=C12. The fourth-order valence-electron chi connectivity index (χ4n) is 14.7. The number of nitrogens with zero attached hydrogens (tertiary/aromatic N) is 18. The molecule has 0 bridgehead atoms. The maximum absolute atomic E-state index is 4.80. The van der Waals surface area contributed by atoms with Crippen LogP contribution < -0.4 is 0 Å². The van der Waals surface area contributed by atoms with Crippen LogP contribution in [-0.4, -0.2) is 291 Å². The first-order valence-electron chi connectivity index (χ1n) is 34.0. The second-order valence-corrected chi connectivity index (χ2v) is 25.1. The van der Waals surface area contributed by atoms with E-state index in [-0.39, 0.29) is 0 Å². The van der Waals surface area contributed by atoms with Crippen molar-refractivity contribution in [3.05, 3.63) is 0 Å². The highest BCUT2D eigenvalue weighted by atomic mass is 15.4. The molecule has 0 spiro atoms. The summed E-state index contributed by atoms with van der Waals surface area (Å²) in [6.07, 6.45) is 34.1. The van der Waals surface area contributed by atoms with Crippen molar-refractivity contribution < 1.29 is 0 Å². The maximum Gasteiger partial charge on any atom is 0.196 e. The van der Waals surface area contributed by atoms with Gasteiger partial charge < -0.3 is 58.8 Å². The molecule has 12 aliphatic heterocycles. The highest BCUT2D eigenvalue weighted by molar-refractivity contribution is 5.84. The van der Waals surface area contributed by atoms with E-state index in [0.29, 0.717) is 0 Å². The van der Waals surface area contributed by atoms with Gasteiger partial charge in [-0.1, -0.05) is 51.4 Å². The minimum Gasteiger partial charge on any atom is -0.343 e. The normalized spacial score (nSPS) is 23.1. The van der Waals surface area contributed by atoms with Crippen LogP contribution in [0, 0.1) is 0 Å². The van der Waals surface area contributed by atoms with Crippen molar-refractivity contribution in [3.63, 3.8) is 0 Å². The van der Waals surface area contributed by atoms with E-state index in [0.717, 1.165) is 39.3 Å². The van der Waals surface area contributed by atoms with Crippen LogP contribution >= 0.6 is 0 Å². The van der Waals surface area contributed by atoms with E-state index in [2.05, 4.69) is 58.8 Å². The molecule has 0 aromatic heterocycles. The van der Waals surface area contributed by atoms with Crippen molar-refractivity contribution in [2.45, 2.75) is 167 Å². The number of rotatable bonds is 23. The average molecular weight is 1110 g/mol. The molecule has 18 heteroatoms.